The molecule has 2 heterocycles. The van der Waals surface area contributed by atoms with E-state index in [1.165, 1.54) is 45.1 Å². The Morgan fingerprint density at radius 3 is 2.35 bits per heavy atom. The van der Waals surface area contributed by atoms with Crippen LogP contribution in [0.1, 0.15) is 74.5 Å². The highest BCUT2D eigenvalue weighted by atomic mass is 16.4. The van der Waals surface area contributed by atoms with Gasteiger partial charge in [-0.15, -0.1) is 0 Å². The van der Waals surface area contributed by atoms with E-state index in [0.29, 0.717) is 17.5 Å². The quantitative estimate of drug-likeness (QED) is 0.861. The molecule has 4 heteroatoms. The van der Waals surface area contributed by atoms with Gasteiger partial charge in [0.15, 0.2) is 0 Å². The van der Waals surface area contributed by atoms with Gasteiger partial charge in [-0.1, -0.05) is 24.3 Å². The van der Waals surface area contributed by atoms with Gasteiger partial charge in [0.05, 0.1) is 0 Å². The highest BCUT2D eigenvalue weighted by Gasteiger charge is 2.50. The maximum atomic E-state index is 11.2. The van der Waals surface area contributed by atoms with E-state index < -0.39 is 6.09 Å². The fourth-order valence-electron chi connectivity index (χ4n) is 5.90. The molecular weight excluding hydrogens is 324 g/mol. The monoisotopic (exact) mass is 354 g/mol. The molecule has 0 radical (unpaired) electrons. The molecule has 4 nitrogen and oxygen atoms in total. The third kappa shape index (κ3) is 2.83. The highest BCUT2D eigenvalue weighted by Crippen LogP contribution is 2.54. The Bertz CT molecular complexity index is 683. The maximum Gasteiger partial charge on any atom is 0.407 e. The lowest BCUT2D eigenvalue weighted by Gasteiger charge is -2.55. The lowest BCUT2D eigenvalue weighted by molar-refractivity contribution is -0.0438. The first-order valence-corrected chi connectivity index (χ1v) is 10.5. The number of piperidine rings is 1. The normalized spacial score (nSPS) is 29.1. The summed E-state index contributed by atoms with van der Waals surface area (Å²) in [6, 6.07) is 10.5. The molecule has 2 aliphatic heterocycles. The van der Waals surface area contributed by atoms with E-state index in [0.717, 1.165) is 31.8 Å². The van der Waals surface area contributed by atoms with E-state index in [9.17, 15) is 9.90 Å². The lowest BCUT2D eigenvalue weighted by Crippen LogP contribution is -2.55. The number of amides is 1. The van der Waals surface area contributed by atoms with Crippen LogP contribution in [-0.2, 0) is 0 Å². The molecule has 2 saturated carbocycles. The summed E-state index contributed by atoms with van der Waals surface area (Å²) in [6.45, 7) is 2.71. The highest BCUT2D eigenvalue weighted by molar-refractivity contribution is 5.65. The van der Waals surface area contributed by atoms with Crippen LogP contribution in [0.4, 0.5) is 4.79 Å². The van der Waals surface area contributed by atoms with Crippen LogP contribution in [0.15, 0.2) is 24.3 Å². The van der Waals surface area contributed by atoms with Gasteiger partial charge in [0.25, 0.3) is 0 Å². The predicted octanol–water partition coefficient (Wildman–Crippen LogP) is 4.62. The number of nitrogens with zero attached hydrogens (tertiary/aromatic N) is 2. The van der Waals surface area contributed by atoms with Crippen LogP contribution in [0.25, 0.3) is 0 Å². The first-order valence-electron chi connectivity index (χ1n) is 10.5. The molecule has 26 heavy (non-hydrogen) atoms. The average molecular weight is 354 g/mol. The van der Waals surface area contributed by atoms with Crippen molar-refractivity contribution >= 4 is 6.09 Å². The number of benzene rings is 1. The molecule has 1 aromatic rings. The van der Waals surface area contributed by atoms with Gasteiger partial charge in [0.2, 0.25) is 0 Å². The van der Waals surface area contributed by atoms with Crippen LogP contribution < -0.4 is 0 Å². The molecular formula is C22H30N2O2. The summed E-state index contributed by atoms with van der Waals surface area (Å²) in [4.78, 5) is 15.6. The molecule has 4 fully saturated rings. The summed E-state index contributed by atoms with van der Waals surface area (Å²) in [5.74, 6) is 0.821. The minimum atomic E-state index is -0.744. The Morgan fingerprint density at radius 1 is 1.00 bits per heavy atom. The summed E-state index contributed by atoms with van der Waals surface area (Å²) >= 11 is 0. The first-order chi connectivity index (χ1) is 12.7. The van der Waals surface area contributed by atoms with Crippen molar-refractivity contribution in [1.29, 1.82) is 0 Å². The van der Waals surface area contributed by atoms with Gasteiger partial charge in [-0.2, -0.15) is 0 Å². The first kappa shape index (κ1) is 16.6. The molecule has 5 rings (SSSR count). The van der Waals surface area contributed by atoms with Gasteiger partial charge < -0.3 is 10.0 Å². The molecule has 1 N–H and O–H groups in total. The lowest BCUT2D eigenvalue weighted by atomic mass is 9.60. The van der Waals surface area contributed by atoms with Gasteiger partial charge in [-0.05, 0) is 80.4 Å². The van der Waals surface area contributed by atoms with Gasteiger partial charge >= 0.3 is 6.09 Å². The second-order valence-corrected chi connectivity index (χ2v) is 9.13. The van der Waals surface area contributed by atoms with Crippen molar-refractivity contribution in [1.82, 2.24) is 9.80 Å². The molecule has 140 valence electrons. The number of rotatable bonds is 3. The van der Waals surface area contributed by atoms with Gasteiger partial charge in [0.1, 0.15) is 0 Å². The Kier molecular flexibility index (Phi) is 4.00. The average Bonchev–Trinajstić information content (AvgIpc) is 3.37. The van der Waals surface area contributed by atoms with Crippen LogP contribution in [0.5, 0.6) is 0 Å². The molecule has 2 saturated heterocycles. The number of hydrogen-bond donors (Lipinski definition) is 1. The number of carbonyl (C=O) groups is 1. The summed E-state index contributed by atoms with van der Waals surface area (Å²) in [5, 5.41) is 9.18. The van der Waals surface area contributed by atoms with Crippen LogP contribution in [0.2, 0.25) is 0 Å². The minimum Gasteiger partial charge on any atom is -0.465 e. The van der Waals surface area contributed by atoms with E-state index in [-0.39, 0.29) is 0 Å². The molecule has 0 aromatic heterocycles. The smallest absolute Gasteiger partial charge is 0.407 e. The second-order valence-electron chi connectivity index (χ2n) is 9.13. The van der Waals surface area contributed by atoms with Crippen LogP contribution in [0, 0.1) is 5.41 Å². The van der Waals surface area contributed by atoms with Crippen molar-refractivity contribution in [3.8, 4) is 0 Å². The number of hydrogen-bond acceptors (Lipinski definition) is 2. The third-order valence-electron chi connectivity index (χ3n) is 7.57. The van der Waals surface area contributed by atoms with Crippen molar-refractivity contribution in [3.63, 3.8) is 0 Å². The molecule has 2 aliphatic carbocycles. The van der Waals surface area contributed by atoms with Gasteiger partial charge in [0, 0.05) is 25.2 Å². The van der Waals surface area contributed by atoms with Crippen LogP contribution in [-0.4, -0.2) is 46.7 Å². The maximum absolute atomic E-state index is 11.2. The van der Waals surface area contributed by atoms with E-state index >= 15 is 0 Å². The van der Waals surface area contributed by atoms with E-state index in [1.54, 1.807) is 16.0 Å². The minimum absolute atomic E-state index is 0.430. The summed E-state index contributed by atoms with van der Waals surface area (Å²) in [6.07, 6.45) is 9.31. The van der Waals surface area contributed by atoms with E-state index in [2.05, 4.69) is 29.2 Å². The van der Waals surface area contributed by atoms with Crippen molar-refractivity contribution in [2.24, 2.45) is 5.41 Å². The molecule has 4 aliphatic rings. The standard InChI is InChI=1S/C22H30N2O2/c25-21(26)23-12-9-22(10-13-23)14-17(15-22)24-11-3-6-20(24)19-5-2-1-4-18(19)16-7-8-16/h1-2,4-5,16-17,20H,3,6-15H2,(H,25,26)/t20-/m0/s1. The summed E-state index contributed by atoms with van der Waals surface area (Å²) in [5.41, 5.74) is 3.65. The zero-order chi connectivity index (χ0) is 17.7. The van der Waals surface area contributed by atoms with Gasteiger partial charge in [-0.25, -0.2) is 4.79 Å². The largest absolute Gasteiger partial charge is 0.465 e. The molecule has 1 amide bonds. The van der Waals surface area contributed by atoms with Crippen LogP contribution in [0.3, 0.4) is 0 Å². The van der Waals surface area contributed by atoms with E-state index in [1.807, 2.05) is 0 Å². The van der Waals surface area contributed by atoms with E-state index in [4.69, 9.17) is 0 Å². The fourth-order valence-corrected chi connectivity index (χ4v) is 5.90. The second kappa shape index (κ2) is 6.26. The zero-order valence-corrected chi connectivity index (χ0v) is 15.6. The van der Waals surface area contributed by atoms with Crippen LogP contribution >= 0.6 is 0 Å². The number of likely N-dealkylation sites (tertiary alicyclic amines) is 2. The molecule has 1 aromatic carbocycles. The third-order valence-corrected chi connectivity index (χ3v) is 7.57. The fraction of sp³-hybridized carbons (Fsp3) is 0.682. The predicted molar refractivity (Wildman–Crippen MR) is 101 cm³/mol. The Hall–Kier alpha value is -1.55. The Balaban J connectivity index is 1.26. The van der Waals surface area contributed by atoms with Crippen molar-refractivity contribution in [2.75, 3.05) is 19.6 Å². The zero-order valence-electron chi connectivity index (χ0n) is 15.6. The molecule has 1 spiro atoms. The molecule has 0 unspecified atom stereocenters. The Labute approximate surface area is 156 Å². The van der Waals surface area contributed by atoms with Crippen molar-refractivity contribution in [2.45, 2.75) is 69.4 Å². The number of carboxylic acid groups (broad SMARTS) is 1. The molecule has 1 atom stereocenters. The molecule has 0 bridgehead atoms. The van der Waals surface area contributed by atoms with Crippen molar-refractivity contribution < 1.29 is 9.90 Å². The topological polar surface area (TPSA) is 43.8 Å². The Morgan fingerprint density at radius 2 is 1.69 bits per heavy atom. The van der Waals surface area contributed by atoms with Crippen molar-refractivity contribution in [3.05, 3.63) is 35.4 Å². The summed E-state index contributed by atoms with van der Waals surface area (Å²) < 4.78 is 0. The SMILES string of the molecule is O=C(O)N1CCC2(CC1)CC(N1CCC[C@H]1c1ccccc1C1CC1)C2. The van der Waals surface area contributed by atoms with Gasteiger partial charge in [-0.3, -0.25) is 4.90 Å². The summed E-state index contributed by atoms with van der Waals surface area (Å²) in [7, 11) is 0.